The summed E-state index contributed by atoms with van der Waals surface area (Å²) in [5, 5.41) is 4.09. The maximum atomic E-state index is 13.3. The Bertz CT molecular complexity index is 1530. The predicted octanol–water partition coefficient (Wildman–Crippen LogP) is 5.34. The lowest BCUT2D eigenvalue weighted by Gasteiger charge is -2.15. The van der Waals surface area contributed by atoms with Crippen molar-refractivity contribution in [3.8, 4) is 16.9 Å². The van der Waals surface area contributed by atoms with Crippen LogP contribution in [0.15, 0.2) is 36.7 Å². The molecule has 0 fully saturated rings. The van der Waals surface area contributed by atoms with Crippen LogP contribution in [-0.2, 0) is 13.1 Å². The number of aryl methyl sites for hydroxylation is 2. The highest BCUT2D eigenvalue weighted by Crippen LogP contribution is 2.35. The quantitative estimate of drug-likeness (QED) is 0.331. The first kappa shape index (κ1) is 25.1. The minimum atomic E-state index is -0.376. The Hall–Kier alpha value is -3.60. The Morgan fingerprint density at radius 2 is 1.86 bits per heavy atom. The van der Waals surface area contributed by atoms with Gasteiger partial charge in [-0.05, 0) is 38.1 Å². The number of rotatable bonds is 5. The van der Waals surface area contributed by atoms with E-state index in [1.165, 1.54) is 30.8 Å². The maximum absolute atomic E-state index is 13.3. The highest BCUT2D eigenvalue weighted by atomic mass is 35.5. The molecule has 0 aliphatic carbocycles. The van der Waals surface area contributed by atoms with E-state index in [0.717, 1.165) is 16.3 Å². The summed E-state index contributed by atoms with van der Waals surface area (Å²) in [4.78, 5) is 46.0. The highest BCUT2D eigenvalue weighted by Gasteiger charge is 2.29. The lowest BCUT2D eigenvalue weighted by Crippen LogP contribution is -2.26. The van der Waals surface area contributed by atoms with Crippen molar-refractivity contribution in [2.24, 2.45) is 0 Å². The highest BCUT2D eigenvalue weighted by molar-refractivity contribution is 7.16. The second-order valence-electron chi connectivity index (χ2n) is 8.35. The summed E-state index contributed by atoms with van der Waals surface area (Å²) in [7, 11) is 1.53. The SMILES string of the molecule is COc1cnc(Cl)cc1-c1cc(C)ncc1C(=O)Nc1nc2c(s1)CN(C(=O)c1ccc(Cl)c(C)n1)C2. The number of anilines is 1. The van der Waals surface area contributed by atoms with Crippen LogP contribution >= 0.6 is 34.5 Å². The zero-order valence-electron chi connectivity index (χ0n) is 20.0. The van der Waals surface area contributed by atoms with E-state index in [0.29, 0.717) is 57.1 Å². The monoisotopic (exact) mass is 554 g/mol. The van der Waals surface area contributed by atoms with Gasteiger partial charge in [-0.2, -0.15) is 0 Å². The number of fused-ring (bicyclic) bond motifs is 1. The molecule has 4 aromatic heterocycles. The molecule has 4 aromatic rings. The average molecular weight is 555 g/mol. The number of nitrogens with one attached hydrogen (secondary N) is 1. The minimum Gasteiger partial charge on any atom is -0.494 e. The molecular weight excluding hydrogens is 535 g/mol. The van der Waals surface area contributed by atoms with E-state index in [2.05, 4.69) is 25.3 Å². The first-order valence-corrected chi connectivity index (χ1v) is 12.7. The van der Waals surface area contributed by atoms with Gasteiger partial charge in [-0.15, -0.1) is 0 Å². The van der Waals surface area contributed by atoms with Gasteiger partial charge in [-0.3, -0.25) is 19.9 Å². The number of aromatic nitrogens is 4. The first-order valence-electron chi connectivity index (χ1n) is 11.1. The van der Waals surface area contributed by atoms with E-state index >= 15 is 0 Å². The molecule has 37 heavy (non-hydrogen) atoms. The zero-order valence-corrected chi connectivity index (χ0v) is 22.3. The van der Waals surface area contributed by atoms with Gasteiger partial charge in [-0.1, -0.05) is 34.5 Å². The predicted molar refractivity (Wildman–Crippen MR) is 141 cm³/mol. The van der Waals surface area contributed by atoms with Gasteiger partial charge in [0.25, 0.3) is 11.8 Å². The third-order valence-corrected chi connectivity index (χ3v) is 7.43. The number of carbonyl (C=O) groups is 2. The molecule has 0 unspecified atom stereocenters. The molecule has 0 spiro atoms. The average Bonchev–Trinajstić information content (AvgIpc) is 3.44. The van der Waals surface area contributed by atoms with Crippen molar-refractivity contribution in [1.82, 2.24) is 24.8 Å². The van der Waals surface area contributed by atoms with Gasteiger partial charge in [0.05, 0.1) is 53.2 Å². The van der Waals surface area contributed by atoms with Crippen LogP contribution in [-0.4, -0.2) is 43.8 Å². The van der Waals surface area contributed by atoms with Gasteiger partial charge in [-0.25, -0.2) is 15.0 Å². The van der Waals surface area contributed by atoms with Crippen LogP contribution in [0.4, 0.5) is 5.13 Å². The van der Waals surface area contributed by atoms with Crippen LogP contribution in [0.1, 0.15) is 42.8 Å². The van der Waals surface area contributed by atoms with E-state index in [1.54, 1.807) is 36.1 Å². The van der Waals surface area contributed by atoms with Gasteiger partial charge in [0, 0.05) is 23.0 Å². The number of ether oxygens (including phenoxy) is 1. The molecule has 2 amide bonds. The molecule has 9 nitrogen and oxygen atoms in total. The second kappa shape index (κ2) is 10.0. The van der Waals surface area contributed by atoms with Crippen molar-refractivity contribution in [3.05, 3.63) is 80.1 Å². The lowest BCUT2D eigenvalue weighted by molar-refractivity contribution is 0.0744. The van der Waals surface area contributed by atoms with Gasteiger partial charge in [0.15, 0.2) is 5.13 Å². The minimum absolute atomic E-state index is 0.198. The number of pyridine rings is 3. The Labute approximate surface area is 226 Å². The number of methoxy groups -OCH3 is 1. The lowest BCUT2D eigenvalue weighted by atomic mass is 10.0. The summed E-state index contributed by atoms with van der Waals surface area (Å²) in [6.07, 6.45) is 3.02. The van der Waals surface area contributed by atoms with Crippen LogP contribution in [0, 0.1) is 13.8 Å². The van der Waals surface area contributed by atoms with Crippen LogP contribution in [0.3, 0.4) is 0 Å². The van der Waals surface area contributed by atoms with Crippen molar-refractivity contribution >= 4 is 51.5 Å². The molecule has 0 atom stereocenters. The topological polar surface area (TPSA) is 110 Å². The number of amides is 2. The van der Waals surface area contributed by atoms with Crippen LogP contribution in [0.5, 0.6) is 5.75 Å². The molecule has 1 aliphatic heterocycles. The number of carbonyl (C=O) groups excluding carboxylic acids is 2. The zero-order chi connectivity index (χ0) is 26.3. The second-order valence-corrected chi connectivity index (χ2v) is 10.2. The molecule has 188 valence electrons. The van der Waals surface area contributed by atoms with Gasteiger partial charge in [0.2, 0.25) is 0 Å². The van der Waals surface area contributed by atoms with Crippen LogP contribution in [0.2, 0.25) is 10.2 Å². The number of thiazole rings is 1. The van der Waals surface area contributed by atoms with Crippen molar-refractivity contribution in [2.75, 3.05) is 12.4 Å². The first-order chi connectivity index (χ1) is 17.7. The summed E-state index contributed by atoms with van der Waals surface area (Å²) < 4.78 is 5.44. The molecule has 0 radical (unpaired) electrons. The molecule has 0 saturated heterocycles. The number of hydrogen-bond acceptors (Lipinski definition) is 8. The summed E-state index contributed by atoms with van der Waals surface area (Å²) in [5.74, 6) is -0.0954. The van der Waals surface area contributed by atoms with Crippen LogP contribution < -0.4 is 10.1 Å². The standard InChI is InChI=1S/C25H20Cl2N6O3S/c1-12-6-14(15-7-22(27)29-9-20(15)36-3)16(8-28-12)23(34)32-25-31-19-10-33(11-21(19)37-25)24(35)18-5-4-17(26)13(2)30-18/h4-9H,10-11H2,1-3H3,(H,31,32,34). The molecule has 0 saturated carbocycles. The fraction of sp³-hybridized carbons (Fsp3) is 0.200. The molecule has 0 bridgehead atoms. The summed E-state index contributed by atoms with van der Waals surface area (Å²) in [6.45, 7) is 4.30. The molecule has 12 heteroatoms. The van der Waals surface area contributed by atoms with Crippen molar-refractivity contribution in [2.45, 2.75) is 26.9 Å². The fourth-order valence-corrected chi connectivity index (χ4v) is 5.23. The summed E-state index contributed by atoms with van der Waals surface area (Å²) in [6, 6.07) is 6.72. The molecule has 0 aromatic carbocycles. The normalized spacial score (nSPS) is 12.4. The number of halogens is 2. The molecule has 1 N–H and O–H groups in total. The third kappa shape index (κ3) is 5.00. The molecular formula is C25H20Cl2N6O3S. The summed E-state index contributed by atoms with van der Waals surface area (Å²) in [5.41, 5.74) is 3.96. The van der Waals surface area contributed by atoms with E-state index in [-0.39, 0.29) is 17.0 Å². The summed E-state index contributed by atoms with van der Waals surface area (Å²) >= 11 is 13.5. The van der Waals surface area contributed by atoms with Gasteiger partial charge in [0.1, 0.15) is 16.6 Å². The van der Waals surface area contributed by atoms with E-state index in [4.69, 9.17) is 27.9 Å². The number of nitrogens with zero attached hydrogens (tertiary/aromatic N) is 5. The van der Waals surface area contributed by atoms with Crippen molar-refractivity contribution in [3.63, 3.8) is 0 Å². The number of hydrogen-bond donors (Lipinski definition) is 1. The Kier molecular flexibility index (Phi) is 6.80. The molecule has 1 aliphatic rings. The molecule has 5 rings (SSSR count). The Morgan fingerprint density at radius 3 is 2.59 bits per heavy atom. The Balaban J connectivity index is 1.35. The molecule has 5 heterocycles. The van der Waals surface area contributed by atoms with Gasteiger partial charge >= 0.3 is 0 Å². The van der Waals surface area contributed by atoms with E-state index in [1.807, 2.05) is 6.92 Å². The largest absolute Gasteiger partial charge is 0.494 e. The Morgan fingerprint density at radius 1 is 1.05 bits per heavy atom. The third-order valence-electron chi connectivity index (χ3n) is 5.83. The van der Waals surface area contributed by atoms with E-state index in [9.17, 15) is 9.59 Å². The fourth-order valence-electron chi connectivity index (χ4n) is 3.98. The van der Waals surface area contributed by atoms with Crippen LogP contribution in [0.25, 0.3) is 11.1 Å². The maximum Gasteiger partial charge on any atom is 0.273 e. The smallest absolute Gasteiger partial charge is 0.273 e. The van der Waals surface area contributed by atoms with E-state index < -0.39 is 0 Å². The van der Waals surface area contributed by atoms with Gasteiger partial charge < -0.3 is 9.64 Å². The van der Waals surface area contributed by atoms with Crippen molar-refractivity contribution in [1.29, 1.82) is 0 Å². The van der Waals surface area contributed by atoms with Crippen molar-refractivity contribution < 1.29 is 14.3 Å².